The van der Waals surface area contributed by atoms with Gasteiger partial charge in [0, 0.05) is 12.3 Å². The Morgan fingerprint density at radius 1 is 1.40 bits per heavy atom. The number of nitrogens with zero attached hydrogens (tertiary/aromatic N) is 2. The van der Waals surface area contributed by atoms with Crippen molar-refractivity contribution < 1.29 is 0 Å². The number of aromatic amines is 1. The highest BCUT2D eigenvalue weighted by atomic mass is 15.2. The molecule has 1 aliphatic carbocycles. The second kappa shape index (κ2) is 3.62. The normalized spacial score (nSPS) is 19.2. The molecule has 1 saturated carbocycles. The Kier molecular flexibility index (Phi) is 2.57. The zero-order chi connectivity index (χ0) is 11.1. The lowest BCUT2D eigenvalue weighted by Gasteiger charge is -2.26. The average molecular weight is 207 g/mol. The molecule has 3 heteroatoms. The van der Waals surface area contributed by atoms with Crippen LogP contribution in [0.1, 0.15) is 58.1 Å². The number of H-pyrrole nitrogens is 1. The molecule has 0 saturated heterocycles. The molecule has 15 heavy (non-hydrogen) atoms. The fourth-order valence-electron chi connectivity index (χ4n) is 1.52. The second-order valence-corrected chi connectivity index (χ2v) is 5.89. The molecule has 0 bridgehead atoms. The van der Waals surface area contributed by atoms with Crippen molar-refractivity contribution in [3.05, 3.63) is 11.6 Å². The summed E-state index contributed by atoms with van der Waals surface area (Å²) >= 11 is 0. The highest BCUT2D eigenvalue weighted by Crippen LogP contribution is 2.38. The molecule has 1 heterocycles. The lowest BCUT2D eigenvalue weighted by molar-refractivity contribution is 0.257. The smallest absolute Gasteiger partial charge is 0.153 e. The first-order valence-corrected chi connectivity index (χ1v) is 5.88. The zero-order valence-electron chi connectivity index (χ0n) is 10.2. The molecule has 1 fully saturated rings. The number of hydrogen-bond acceptors (Lipinski definition) is 2. The summed E-state index contributed by atoms with van der Waals surface area (Å²) in [5, 5.41) is 7.35. The minimum Gasteiger partial charge on any atom is -0.263 e. The summed E-state index contributed by atoms with van der Waals surface area (Å²) in [4.78, 5) is 4.56. The molecular weight excluding hydrogens is 186 g/mol. The van der Waals surface area contributed by atoms with E-state index in [2.05, 4.69) is 42.9 Å². The van der Waals surface area contributed by atoms with E-state index in [-0.39, 0.29) is 0 Å². The molecule has 1 unspecified atom stereocenters. The Bertz CT molecular complexity index is 331. The van der Waals surface area contributed by atoms with Crippen molar-refractivity contribution in [3.8, 4) is 0 Å². The Morgan fingerprint density at radius 3 is 2.60 bits per heavy atom. The minimum atomic E-state index is 0.340. The van der Waals surface area contributed by atoms with Crippen molar-refractivity contribution >= 4 is 0 Å². The van der Waals surface area contributed by atoms with Gasteiger partial charge in [-0.25, -0.2) is 4.98 Å². The van der Waals surface area contributed by atoms with Gasteiger partial charge in [-0.05, 0) is 24.2 Å². The van der Waals surface area contributed by atoms with Crippen LogP contribution in [-0.2, 0) is 6.42 Å². The summed E-state index contributed by atoms with van der Waals surface area (Å²) in [6.07, 6.45) is 3.54. The summed E-state index contributed by atoms with van der Waals surface area (Å²) < 4.78 is 0. The second-order valence-electron chi connectivity index (χ2n) is 5.89. The molecule has 0 aromatic carbocycles. The van der Waals surface area contributed by atoms with E-state index in [0.29, 0.717) is 17.3 Å². The lowest BCUT2D eigenvalue weighted by atomic mass is 9.80. The molecule has 0 radical (unpaired) electrons. The SMILES string of the molecule is CC(Cc1nc(C2CC2)n[nH]1)C(C)(C)C. The third-order valence-electron chi connectivity index (χ3n) is 3.47. The van der Waals surface area contributed by atoms with E-state index < -0.39 is 0 Å². The van der Waals surface area contributed by atoms with Crippen LogP contribution in [0.2, 0.25) is 0 Å². The molecule has 84 valence electrons. The molecular formula is C12H21N3. The van der Waals surface area contributed by atoms with E-state index in [0.717, 1.165) is 18.1 Å². The van der Waals surface area contributed by atoms with Crippen LogP contribution in [0.25, 0.3) is 0 Å². The van der Waals surface area contributed by atoms with Gasteiger partial charge in [0.1, 0.15) is 5.82 Å². The van der Waals surface area contributed by atoms with E-state index in [9.17, 15) is 0 Å². The monoisotopic (exact) mass is 207 g/mol. The van der Waals surface area contributed by atoms with Crippen LogP contribution in [-0.4, -0.2) is 15.2 Å². The molecule has 2 rings (SSSR count). The van der Waals surface area contributed by atoms with E-state index in [1.165, 1.54) is 12.8 Å². The maximum Gasteiger partial charge on any atom is 0.153 e. The minimum absolute atomic E-state index is 0.340. The predicted octanol–water partition coefficient (Wildman–Crippen LogP) is 2.91. The highest BCUT2D eigenvalue weighted by Gasteiger charge is 2.28. The van der Waals surface area contributed by atoms with E-state index in [4.69, 9.17) is 0 Å². The molecule has 1 aromatic heterocycles. The van der Waals surface area contributed by atoms with Crippen LogP contribution in [0, 0.1) is 11.3 Å². The van der Waals surface area contributed by atoms with Crippen LogP contribution in [0.15, 0.2) is 0 Å². The summed E-state index contributed by atoms with van der Waals surface area (Å²) in [7, 11) is 0. The Morgan fingerprint density at radius 2 is 2.07 bits per heavy atom. The Balaban J connectivity index is 1.98. The average Bonchev–Trinajstić information content (AvgIpc) is 2.87. The van der Waals surface area contributed by atoms with Crippen molar-refractivity contribution in [3.63, 3.8) is 0 Å². The fourth-order valence-corrected chi connectivity index (χ4v) is 1.52. The first-order chi connectivity index (χ1) is 6.97. The quantitative estimate of drug-likeness (QED) is 0.828. The molecule has 1 N–H and O–H groups in total. The molecule has 1 aliphatic rings. The summed E-state index contributed by atoms with van der Waals surface area (Å²) in [5.41, 5.74) is 0.340. The van der Waals surface area contributed by atoms with Crippen molar-refractivity contribution in [1.29, 1.82) is 0 Å². The highest BCUT2D eigenvalue weighted by molar-refractivity contribution is 5.05. The first-order valence-electron chi connectivity index (χ1n) is 5.88. The van der Waals surface area contributed by atoms with Gasteiger partial charge in [0.2, 0.25) is 0 Å². The molecule has 1 aromatic rings. The standard InChI is InChI=1S/C12H21N3/c1-8(12(2,3)4)7-10-13-11(15-14-10)9-5-6-9/h8-9H,5-7H2,1-4H3,(H,13,14,15). The van der Waals surface area contributed by atoms with Crippen molar-refractivity contribution in [2.24, 2.45) is 11.3 Å². The van der Waals surface area contributed by atoms with Crippen molar-refractivity contribution in [2.45, 2.75) is 52.9 Å². The Hall–Kier alpha value is -0.860. The van der Waals surface area contributed by atoms with Gasteiger partial charge in [0.05, 0.1) is 0 Å². The lowest BCUT2D eigenvalue weighted by Crippen LogP contribution is -2.19. The van der Waals surface area contributed by atoms with Gasteiger partial charge in [0.15, 0.2) is 5.82 Å². The van der Waals surface area contributed by atoms with Crippen LogP contribution < -0.4 is 0 Å². The molecule has 0 amide bonds. The predicted molar refractivity (Wildman–Crippen MR) is 60.7 cm³/mol. The van der Waals surface area contributed by atoms with E-state index in [1.807, 2.05) is 0 Å². The van der Waals surface area contributed by atoms with E-state index >= 15 is 0 Å². The summed E-state index contributed by atoms with van der Waals surface area (Å²) in [6, 6.07) is 0. The van der Waals surface area contributed by atoms with Crippen LogP contribution in [0.4, 0.5) is 0 Å². The Labute approximate surface area is 91.7 Å². The van der Waals surface area contributed by atoms with Gasteiger partial charge >= 0.3 is 0 Å². The van der Waals surface area contributed by atoms with Gasteiger partial charge in [0.25, 0.3) is 0 Å². The molecule has 0 aliphatic heterocycles. The fraction of sp³-hybridized carbons (Fsp3) is 0.833. The van der Waals surface area contributed by atoms with Gasteiger partial charge < -0.3 is 0 Å². The van der Waals surface area contributed by atoms with Gasteiger partial charge in [-0.1, -0.05) is 27.7 Å². The number of aromatic nitrogens is 3. The topological polar surface area (TPSA) is 41.6 Å². The van der Waals surface area contributed by atoms with Gasteiger partial charge in [-0.2, -0.15) is 5.10 Å². The number of rotatable bonds is 3. The third-order valence-corrected chi connectivity index (χ3v) is 3.47. The van der Waals surface area contributed by atoms with Gasteiger partial charge in [-0.15, -0.1) is 0 Å². The summed E-state index contributed by atoms with van der Waals surface area (Å²) in [5.74, 6) is 3.36. The molecule has 0 spiro atoms. The summed E-state index contributed by atoms with van der Waals surface area (Å²) in [6.45, 7) is 9.10. The van der Waals surface area contributed by atoms with Crippen LogP contribution in [0.3, 0.4) is 0 Å². The third kappa shape index (κ3) is 2.58. The largest absolute Gasteiger partial charge is 0.263 e. The zero-order valence-corrected chi connectivity index (χ0v) is 10.2. The number of nitrogens with one attached hydrogen (secondary N) is 1. The number of hydrogen-bond donors (Lipinski definition) is 1. The first kappa shape index (κ1) is 10.7. The van der Waals surface area contributed by atoms with Crippen LogP contribution >= 0.6 is 0 Å². The molecule has 1 atom stereocenters. The van der Waals surface area contributed by atoms with E-state index in [1.54, 1.807) is 0 Å². The van der Waals surface area contributed by atoms with Crippen molar-refractivity contribution in [1.82, 2.24) is 15.2 Å². The maximum absolute atomic E-state index is 4.56. The van der Waals surface area contributed by atoms with Crippen LogP contribution in [0.5, 0.6) is 0 Å². The van der Waals surface area contributed by atoms with Gasteiger partial charge in [-0.3, -0.25) is 5.10 Å². The van der Waals surface area contributed by atoms with Crippen molar-refractivity contribution in [2.75, 3.05) is 0 Å². The maximum atomic E-state index is 4.56. The molecule has 3 nitrogen and oxygen atoms in total.